The van der Waals surface area contributed by atoms with Gasteiger partial charge in [0.15, 0.2) is 0 Å². The maximum absolute atomic E-state index is 13.1. The van der Waals surface area contributed by atoms with Gasteiger partial charge < -0.3 is 25.0 Å². The van der Waals surface area contributed by atoms with Gasteiger partial charge in [0.05, 0.1) is 25.9 Å². The second-order valence-corrected chi connectivity index (χ2v) is 6.05. The lowest BCUT2D eigenvalue weighted by atomic mass is 10.2. The van der Waals surface area contributed by atoms with E-state index >= 15 is 0 Å². The minimum atomic E-state index is -0.458. The highest BCUT2D eigenvalue weighted by Crippen LogP contribution is 2.29. The van der Waals surface area contributed by atoms with Gasteiger partial charge in [-0.3, -0.25) is 4.79 Å². The van der Waals surface area contributed by atoms with Crippen molar-refractivity contribution >= 4 is 23.3 Å². The zero-order valence-corrected chi connectivity index (χ0v) is 15.0. The fraction of sp³-hybridized carbons (Fsp3) is 0.263. The van der Waals surface area contributed by atoms with E-state index in [0.29, 0.717) is 29.4 Å². The average Bonchev–Trinajstić information content (AvgIpc) is 3.02. The average molecular weight is 373 g/mol. The number of carbonyl (C=O) groups is 2. The van der Waals surface area contributed by atoms with Crippen molar-refractivity contribution in [3.05, 3.63) is 48.3 Å². The van der Waals surface area contributed by atoms with Crippen molar-refractivity contribution in [1.29, 1.82) is 0 Å². The predicted molar refractivity (Wildman–Crippen MR) is 98.9 cm³/mol. The van der Waals surface area contributed by atoms with E-state index in [-0.39, 0.29) is 24.2 Å². The molecular formula is C19H20FN3O4. The third-order valence-corrected chi connectivity index (χ3v) is 4.25. The quantitative estimate of drug-likeness (QED) is 0.845. The van der Waals surface area contributed by atoms with Gasteiger partial charge in [0.25, 0.3) is 0 Å². The summed E-state index contributed by atoms with van der Waals surface area (Å²) in [6.45, 7) is 0.313. The second-order valence-electron chi connectivity index (χ2n) is 6.05. The van der Waals surface area contributed by atoms with Gasteiger partial charge in [-0.25, -0.2) is 9.18 Å². The number of ether oxygens (including phenoxy) is 2. The Kier molecular flexibility index (Phi) is 5.44. The SMILES string of the molecule is COc1ccc(OC)c(NC(=O)N[C@H]2CC(=O)N(c3ccc(F)cc3)C2)c1. The summed E-state index contributed by atoms with van der Waals surface area (Å²) >= 11 is 0. The monoisotopic (exact) mass is 373 g/mol. The van der Waals surface area contributed by atoms with Crippen LogP contribution in [0.1, 0.15) is 6.42 Å². The molecule has 3 amide bonds. The zero-order valence-electron chi connectivity index (χ0n) is 15.0. The van der Waals surface area contributed by atoms with E-state index in [4.69, 9.17) is 9.47 Å². The van der Waals surface area contributed by atoms with Gasteiger partial charge in [-0.1, -0.05) is 0 Å². The molecule has 7 nitrogen and oxygen atoms in total. The number of anilines is 2. The van der Waals surface area contributed by atoms with Crippen LogP contribution in [-0.2, 0) is 4.79 Å². The molecule has 0 aliphatic carbocycles. The Hall–Kier alpha value is -3.29. The van der Waals surface area contributed by atoms with E-state index in [2.05, 4.69) is 10.6 Å². The minimum Gasteiger partial charge on any atom is -0.497 e. The summed E-state index contributed by atoms with van der Waals surface area (Å²) in [6.07, 6.45) is 0.167. The molecule has 1 aliphatic heterocycles. The summed E-state index contributed by atoms with van der Waals surface area (Å²) in [5, 5.41) is 5.48. The van der Waals surface area contributed by atoms with Crippen molar-refractivity contribution in [1.82, 2.24) is 5.32 Å². The number of nitrogens with one attached hydrogen (secondary N) is 2. The molecule has 0 unspecified atom stereocenters. The summed E-state index contributed by atoms with van der Waals surface area (Å²) in [5.41, 5.74) is 1.05. The summed E-state index contributed by atoms with van der Waals surface area (Å²) in [7, 11) is 3.03. The molecule has 3 rings (SSSR count). The Bertz CT molecular complexity index is 841. The Morgan fingerprint density at radius 1 is 1.15 bits per heavy atom. The molecule has 0 aromatic heterocycles. The highest BCUT2D eigenvalue weighted by atomic mass is 19.1. The van der Waals surface area contributed by atoms with Gasteiger partial charge >= 0.3 is 6.03 Å². The van der Waals surface area contributed by atoms with Gasteiger partial charge in [0.1, 0.15) is 17.3 Å². The number of amides is 3. The lowest BCUT2D eigenvalue weighted by Gasteiger charge is -2.18. The first-order chi connectivity index (χ1) is 13.0. The van der Waals surface area contributed by atoms with E-state index in [1.54, 1.807) is 18.2 Å². The van der Waals surface area contributed by atoms with E-state index in [0.717, 1.165) is 0 Å². The molecule has 1 aliphatic rings. The van der Waals surface area contributed by atoms with Crippen molar-refractivity contribution in [3.8, 4) is 11.5 Å². The van der Waals surface area contributed by atoms with Crippen molar-refractivity contribution in [2.75, 3.05) is 31.0 Å². The predicted octanol–water partition coefficient (Wildman–Crippen LogP) is 2.77. The van der Waals surface area contributed by atoms with E-state index in [9.17, 15) is 14.0 Å². The maximum Gasteiger partial charge on any atom is 0.319 e. The van der Waals surface area contributed by atoms with Crippen molar-refractivity contribution < 1.29 is 23.5 Å². The number of nitrogens with zero attached hydrogens (tertiary/aromatic N) is 1. The molecule has 0 radical (unpaired) electrons. The van der Waals surface area contributed by atoms with E-state index in [1.807, 2.05) is 0 Å². The Labute approximate surface area is 156 Å². The Morgan fingerprint density at radius 3 is 2.56 bits per heavy atom. The topological polar surface area (TPSA) is 79.9 Å². The zero-order chi connectivity index (χ0) is 19.4. The smallest absolute Gasteiger partial charge is 0.319 e. The normalized spacial score (nSPS) is 16.2. The van der Waals surface area contributed by atoms with E-state index < -0.39 is 6.03 Å². The largest absolute Gasteiger partial charge is 0.497 e. The summed E-state index contributed by atoms with van der Waals surface area (Å²) < 4.78 is 23.4. The van der Waals surface area contributed by atoms with Gasteiger partial charge in [-0.15, -0.1) is 0 Å². The number of hydrogen-bond donors (Lipinski definition) is 2. The summed E-state index contributed by atoms with van der Waals surface area (Å²) in [4.78, 5) is 26.1. The third-order valence-electron chi connectivity index (χ3n) is 4.25. The molecule has 0 saturated carbocycles. The lowest BCUT2D eigenvalue weighted by molar-refractivity contribution is -0.117. The fourth-order valence-electron chi connectivity index (χ4n) is 2.93. The molecule has 0 bridgehead atoms. The molecule has 2 aromatic rings. The number of carbonyl (C=O) groups excluding carboxylic acids is 2. The number of urea groups is 1. The van der Waals surface area contributed by atoms with Gasteiger partial charge in [0, 0.05) is 24.7 Å². The molecule has 1 saturated heterocycles. The molecule has 1 atom stereocenters. The molecule has 142 valence electrons. The van der Waals surface area contributed by atoms with Crippen LogP contribution >= 0.6 is 0 Å². The summed E-state index contributed by atoms with van der Waals surface area (Å²) in [5.74, 6) is 0.559. The lowest BCUT2D eigenvalue weighted by Crippen LogP contribution is -2.39. The first kappa shape index (κ1) is 18.5. The number of rotatable bonds is 5. The standard InChI is InChI=1S/C19H20FN3O4/c1-26-15-7-8-17(27-2)16(10-15)22-19(25)21-13-9-18(24)23(11-13)14-5-3-12(20)4-6-14/h3-8,10,13H,9,11H2,1-2H3,(H2,21,22,25)/t13-/m0/s1. The van der Waals surface area contributed by atoms with Crippen molar-refractivity contribution in [3.63, 3.8) is 0 Å². The number of methoxy groups -OCH3 is 2. The first-order valence-corrected chi connectivity index (χ1v) is 8.35. The van der Waals surface area contributed by atoms with Crippen LogP contribution in [0.2, 0.25) is 0 Å². The number of halogens is 1. The van der Waals surface area contributed by atoms with Crippen LogP contribution in [0.4, 0.5) is 20.6 Å². The Morgan fingerprint density at radius 2 is 1.89 bits per heavy atom. The van der Waals surface area contributed by atoms with E-state index in [1.165, 1.54) is 43.4 Å². The molecule has 1 fully saturated rings. The van der Waals surface area contributed by atoms with Crippen LogP contribution < -0.4 is 25.0 Å². The molecule has 2 N–H and O–H groups in total. The van der Waals surface area contributed by atoms with Gasteiger partial charge in [-0.05, 0) is 36.4 Å². The molecule has 1 heterocycles. The summed E-state index contributed by atoms with van der Waals surface area (Å²) in [6, 6.07) is 9.90. The van der Waals surface area contributed by atoms with Crippen molar-refractivity contribution in [2.45, 2.75) is 12.5 Å². The fourth-order valence-corrected chi connectivity index (χ4v) is 2.93. The Balaban J connectivity index is 1.63. The molecule has 0 spiro atoms. The molecule has 2 aromatic carbocycles. The number of hydrogen-bond acceptors (Lipinski definition) is 4. The second kappa shape index (κ2) is 7.94. The van der Waals surface area contributed by atoms with Crippen LogP contribution in [0.3, 0.4) is 0 Å². The highest BCUT2D eigenvalue weighted by molar-refractivity contribution is 5.98. The van der Waals surface area contributed by atoms with Gasteiger partial charge in [-0.2, -0.15) is 0 Å². The van der Waals surface area contributed by atoms with Crippen LogP contribution in [0.15, 0.2) is 42.5 Å². The van der Waals surface area contributed by atoms with Gasteiger partial charge in [0.2, 0.25) is 5.91 Å². The van der Waals surface area contributed by atoms with Crippen LogP contribution in [0.5, 0.6) is 11.5 Å². The number of benzene rings is 2. The highest BCUT2D eigenvalue weighted by Gasteiger charge is 2.31. The molecular weight excluding hydrogens is 353 g/mol. The van der Waals surface area contributed by atoms with Crippen LogP contribution in [0, 0.1) is 5.82 Å². The maximum atomic E-state index is 13.1. The minimum absolute atomic E-state index is 0.133. The third kappa shape index (κ3) is 4.28. The van der Waals surface area contributed by atoms with Crippen molar-refractivity contribution in [2.24, 2.45) is 0 Å². The molecule has 27 heavy (non-hydrogen) atoms. The van der Waals surface area contributed by atoms with Crippen LogP contribution in [-0.4, -0.2) is 38.7 Å². The van der Waals surface area contributed by atoms with Crippen LogP contribution in [0.25, 0.3) is 0 Å². The molecule has 8 heteroatoms. The first-order valence-electron chi connectivity index (χ1n) is 8.35.